The number of nitrogens with two attached hydrogens (primary N) is 1. The maximum absolute atomic E-state index is 13.8. The van der Waals surface area contributed by atoms with Gasteiger partial charge in [-0.1, -0.05) is 0 Å². The van der Waals surface area contributed by atoms with Crippen LogP contribution in [0.5, 0.6) is 0 Å². The lowest BCUT2D eigenvalue weighted by atomic mass is 10.0. The number of aryl methyl sites for hydroxylation is 2. The van der Waals surface area contributed by atoms with Crippen LogP contribution in [0.3, 0.4) is 0 Å². The Bertz CT molecular complexity index is 1180. The largest absolute Gasteiger partial charge is 0.382 e. The molecule has 0 spiro atoms. The highest BCUT2D eigenvalue weighted by molar-refractivity contribution is 14.1. The second kappa shape index (κ2) is 8.25. The van der Waals surface area contributed by atoms with E-state index in [1.165, 1.54) is 0 Å². The molecule has 1 aliphatic rings. The molecule has 3 aromatic rings. The van der Waals surface area contributed by atoms with Crippen molar-refractivity contribution in [3.05, 3.63) is 44.3 Å². The Labute approximate surface area is 185 Å². The van der Waals surface area contributed by atoms with E-state index in [-0.39, 0.29) is 36.1 Å². The first-order valence-electron chi connectivity index (χ1n) is 9.66. The summed E-state index contributed by atoms with van der Waals surface area (Å²) in [7, 11) is 0. The van der Waals surface area contributed by atoms with Crippen LogP contribution in [0.15, 0.2) is 12.1 Å². The van der Waals surface area contributed by atoms with Crippen molar-refractivity contribution < 1.29 is 14.0 Å². The quantitative estimate of drug-likeness (QED) is 0.380. The number of hydrogen-bond acceptors (Lipinski definition) is 6. The average molecular weight is 522 g/mol. The van der Waals surface area contributed by atoms with Gasteiger partial charge in [0.15, 0.2) is 22.8 Å². The smallest absolute Gasteiger partial charge is 0.312 e. The molecule has 0 saturated carbocycles. The number of carbonyl (C=O) groups is 2. The lowest BCUT2D eigenvalue weighted by Gasteiger charge is -2.11. The van der Waals surface area contributed by atoms with Crippen molar-refractivity contribution in [3.63, 3.8) is 0 Å². The molecular formula is C20H20FIN6O2. The molecule has 10 heteroatoms. The summed E-state index contributed by atoms with van der Waals surface area (Å²) in [6.45, 7) is 2.64. The Kier molecular flexibility index (Phi) is 5.67. The molecule has 30 heavy (non-hydrogen) atoms. The second-order valence-corrected chi connectivity index (χ2v) is 8.30. The molecule has 0 radical (unpaired) electrons. The number of benzene rings is 1. The number of rotatable bonds is 6. The van der Waals surface area contributed by atoms with Crippen molar-refractivity contribution in [2.45, 2.75) is 39.2 Å². The summed E-state index contributed by atoms with van der Waals surface area (Å²) >= 11 is 2.25. The van der Waals surface area contributed by atoms with Gasteiger partial charge < -0.3 is 15.6 Å². The van der Waals surface area contributed by atoms with Crippen LogP contribution in [0.1, 0.15) is 47.1 Å². The molecule has 0 saturated heterocycles. The number of Topliss-reactive ketones (excluding diaryl/α,β-unsaturated/α-hetero) is 1. The fourth-order valence-corrected chi connectivity index (χ4v) is 4.44. The summed E-state index contributed by atoms with van der Waals surface area (Å²) in [6, 6.07) is 3.95. The molecule has 156 valence electrons. The Hall–Kier alpha value is -2.63. The zero-order chi connectivity index (χ0) is 21.4. The van der Waals surface area contributed by atoms with Crippen LogP contribution in [0.25, 0.3) is 11.2 Å². The molecular weight excluding hydrogens is 502 g/mol. The minimum absolute atomic E-state index is 0.0469. The van der Waals surface area contributed by atoms with Crippen molar-refractivity contribution >= 4 is 51.3 Å². The van der Waals surface area contributed by atoms with Gasteiger partial charge in [-0.25, -0.2) is 4.98 Å². The molecule has 2 heterocycles. The van der Waals surface area contributed by atoms with E-state index in [2.05, 4.69) is 42.9 Å². The van der Waals surface area contributed by atoms with E-state index in [4.69, 9.17) is 5.73 Å². The summed E-state index contributed by atoms with van der Waals surface area (Å²) in [5.74, 6) is 0.564. The van der Waals surface area contributed by atoms with E-state index >= 15 is 0 Å². The number of aromatic nitrogens is 4. The van der Waals surface area contributed by atoms with E-state index in [0.29, 0.717) is 30.7 Å². The molecule has 2 aromatic heterocycles. The molecule has 0 aliphatic heterocycles. The summed E-state index contributed by atoms with van der Waals surface area (Å²) < 4.78 is 16.6. The summed E-state index contributed by atoms with van der Waals surface area (Å²) in [6.07, 6.45) is 0.943. The number of ketones is 1. The number of hydrogen-bond donors (Lipinski definition) is 2. The molecule has 1 aliphatic carbocycles. The molecule has 0 bridgehead atoms. The lowest BCUT2D eigenvalue weighted by Crippen LogP contribution is -2.24. The van der Waals surface area contributed by atoms with Gasteiger partial charge in [-0.3, -0.25) is 9.59 Å². The molecule has 1 aromatic carbocycles. The number of anilines is 1. The van der Waals surface area contributed by atoms with Crippen molar-refractivity contribution in [2.24, 2.45) is 0 Å². The number of nitrogen functional groups attached to an aromatic ring is 1. The number of fused-ring (bicyclic) bond motifs is 2. The SMILES string of the molecule is CCNC(=O)CCn1c(Cc2cc3c(cc2I)CCC3=O)nc2c(N)nc(F)nc21. The van der Waals surface area contributed by atoms with Gasteiger partial charge in [0.25, 0.3) is 0 Å². The second-order valence-electron chi connectivity index (χ2n) is 7.13. The minimum Gasteiger partial charge on any atom is -0.382 e. The molecule has 1 amide bonds. The van der Waals surface area contributed by atoms with Gasteiger partial charge in [0.2, 0.25) is 5.91 Å². The predicted molar refractivity (Wildman–Crippen MR) is 118 cm³/mol. The van der Waals surface area contributed by atoms with Crippen LogP contribution in [0, 0.1) is 9.65 Å². The topological polar surface area (TPSA) is 116 Å². The fraction of sp³-hybridized carbons (Fsp3) is 0.350. The van der Waals surface area contributed by atoms with Crippen molar-refractivity contribution in [3.8, 4) is 0 Å². The third kappa shape index (κ3) is 3.87. The third-order valence-corrected chi connectivity index (χ3v) is 6.16. The Morgan fingerprint density at radius 3 is 2.87 bits per heavy atom. The summed E-state index contributed by atoms with van der Waals surface area (Å²) in [5, 5.41) is 2.75. The van der Waals surface area contributed by atoms with Crippen molar-refractivity contribution in [1.29, 1.82) is 0 Å². The maximum Gasteiger partial charge on any atom is 0.312 e. The first kappa shape index (κ1) is 20.6. The van der Waals surface area contributed by atoms with Gasteiger partial charge in [-0.05, 0) is 59.2 Å². The number of carbonyl (C=O) groups excluding carboxylic acids is 2. The van der Waals surface area contributed by atoms with Crippen molar-refractivity contribution in [2.75, 3.05) is 12.3 Å². The number of nitrogens with one attached hydrogen (secondary N) is 1. The molecule has 8 nitrogen and oxygen atoms in total. The summed E-state index contributed by atoms with van der Waals surface area (Å²) in [4.78, 5) is 36.1. The predicted octanol–water partition coefficient (Wildman–Crippen LogP) is 2.40. The number of imidazole rings is 1. The molecule has 0 atom stereocenters. The minimum atomic E-state index is -0.941. The first-order valence-corrected chi connectivity index (χ1v) is 10.7. The number of nitrogens with zero attached hydrogens (tertiary/aromatic N) is 4. The number of halogens is 2. The fourth-order valence-electron chi connectivity index (χ4n) is 3.72. The van der Waals surface area contributed by atoms with Gasteiger partial charge in [-0.15, -0.1) is 0 Å². The van der Waals surface area contributed by atoms with Crippen LogP contribution in [-0.4, -0.2) is 37.8 Å². The van der Waals surface area contributed by atoms with Gasteiger partial charge in [0, 0.05) is 41.5 Å². The molecule has 0 fully saturated rings. The van der Waals surface area contributed by atoms with E-state index in [9.17, 15) is 14.0 Å². The monoisotopic (exact) mass is 522 g/mol. The highest BCUT2D eigenvalue weighted by Gasteiger charge is 2.23. The molecule has 4 rings (SSSR count). The van der Waals surface area contributed by atoms with Gasteiger partial charge >= 0.3 is 6.08 Å². The Balaban J connectivity index is 1.75. The average Bonchev–Trinajstić information content (AvgIpc) is 3.21. The Morgan fingerprint density at radius 2 is 2.10 bits per heavy atom. The van der Waals surface area contributed by atoms with E-state index in [0.717, 1.165) is 26.7 Å². The highest BCUT2D eigenvalue weighted by atomic mass is 127. The Morgan fingerprint density at radius 1 is 1.30 bits per heavy atom. The zero-order valence-electron chi connectivity index (χ0n) is 16.3. The highest BCUT2D eigenvalue weighted by Crippen LogP contribution is 2.29. The van der Waals surface area contributed by atoms with Crippen LogP contribution >= 0.6 is 22.6 Å². The summed E-state index contributed by atoms with van der Waals surface area (Å²) in [5.41, 5.74) is 9.17. The van der Waals surface area contributed by atoms with Crippen LogP contribution in [0.2, 0.25) is 0 Å². The number of amides is 1. The zero-order valence-corrected chi connectivity index (χ0v) is 18.5. The van der Waals surface area contributed by atoms with E-state index < -0.39 is 6.08 Å². The van der Waals surface area contributed by atoms with E-state index in [1.807, 2.05) is 19.1 Å². The van der Waals surface area contributed by atoms with E-state index in [1.54, 1.807) is 4.57 Å². The normalized spacial score (nSPS) is 13.1. The van der Waals surface area contributed by atoms with Gasteiger partial charge in [0.05, 0.1) is 0 Å². The molecule has 3 N–H and O–H groups in total. The van der Waals surface area contributed by atoms with Gasteiger partial charge in [0.1, 0.15) is 5.82 Å². The van der Waals surface area contributed by atoms with Crippen molar-refractivity contribution in [1.82, 2.24) is 24.8 Å². The third-order valence-electron chi connectivity index (χ3n) is 5.15. The maximum atomic E-state index is 13.8. The van der Waals surface area contributed by atoms with Crippen LogP contribution < -0.4 is 11.1 Å². The molecule has 0 unspecified atom stereocenters. The van der Waals surface area contributed by atoms with Gasteiger partial charge in [-0.2, -0.15) is 14.4 Å². The van der Waals surface area contributed by atoms with Crippen LogP contribution in [-0.2, 0) is 24.2 Å². The lowest BCUT2D eigenvalue weighted by molar-refractivity contribution is -0.121. The standard InChI is InChI=1S/C20H20FIN6O2/c1-2-24-16(30)5-6-28-15(25-17-18(23)26-20(21)27-19(17)28)9-11-7-12-10(8-13(11)22)3-4-14(12)29/h7-8H,2-6,9H2,1H3,(H,24,30)(H2,23,26,27). The van der Waals surface area contributed by atoms with Crippen LogP contribution in [0.4, 0.5) is 10.2 Å². The first-order chi connectivity index (χ1) is 14.4.